The van der Waals surface area contributed by atoms with Crippen LogP contribution in [0.4, 0.5) is 5.69 Å². The molecule has 1 aromatic heterocycles. The third kappa shape index (κ3) is 4.27. The standard InChI is InChI=1S/C23H24N4O3/c28-22(24-20-4-2-1-3-19(20)15-27-11-13-29-14-12-27)17-7-5-16(6-8-17)21-25-23(30-26-21)18-9-10-18/h1-8,18H,9-15H2,(H,24,28). The molecule has 7 nitrogen and oxygen atoms in total. The summed E-state index contributed by atoms with van der Waals surface area (Å²) in [5, 5.41) is 7.11. The lowest BCUT2D eigenvalue weighted by atomic mass is 10.1. The van der Waals surface area contributed by atoms with Crippen LogP contribution in [0.3, 0.4) is 0 Å². The highest BCUT2D eigenvalue weighted by Gasteiger charge is 2.29. The number of nitrogens with zero attached hydrogens (tertiary/aromatic N) is 3. The Kier molecular flexibility index (Phi) is 5.29. The second kappa shape index (κ2) is 8.38. The average Bonchev–Trinajstić information content (AvgIpc) is 3.52. The molecule has 1 saturated carbocycles. The number of hydrogen-bond donors (Lipinski definition) is 1. The summed E-state index contributed by atoms with van der Waals surface area (Å²) < 4.78 is 10.7. The van der Waals surface area contributed by atoms with E-state index >= 15 is 0 Å². The molecule has 2 heterocycles. The van der Waals surface area contributed by atoms with E-state index in [1.54, 1.807) is 12.1 Å². The molecule has 5 rings (SSSR count). The van der Waals surface area contributed by atoms with E-state index in [1.165, 1.54) is 0 Å². The van der Waals surface area contributed by atoms with Gasteiger partial charge < -0.3 is 14.6 Å². The Labute approximate surface area is 175 Å². The van der Waals surface area contributed by atoms with Crippen LogP contribution in [0.25, 0.3) is 11.4 Å². The predicted molar refractivity (Wildman–Crippen MR) is 112 cm³/mol. The molecule has 2 aromatic carbocycles. The molecule has 30 heavy (non-hydrogen) atoms. The number of carbonyl (C=O) groups is 1. The maximum absolute atomic E-state index is 12.8. The maximum atomic E-state index is 12.8. The molecule has 1 aliphatic carbocycles. The summed E-state index contributed by atoms with van der Waals surface area (Å²) in [6.45, 7) is 4.11. The number of anilines is 1. The van der Waals surface area contributed by atoms with Gasteiger partial charge in [0.1, 0.15) is 0 Å². The Morgan fingerprint density at radius 1 is 1.07 bits per heavy atom. The lowest BCUT2D eigenvalue weighted by molar-refractivity contribution is 0.0342. The third-order valence-electron chi connectivity index (χ3n) is 5.54. The van der Waals surface area contributed by atoms with Crippen molar-refractivity contribution in [2.45, 2.75) is 25.3 Å². The van der Waals surface area contributed by atoms with E-state index < -0.39 is 0 Å². The van der Waals surface area contributed by atoms with Gasteiger partial charge in [-0.3, -0.25) is 9.69 Å². The number of hydrogen-bond acceptors (Lipinski definition) is 6. The fraction of sp³-hybridized carbons (Fsp3) is 0.348. The molecular formula is C23H24N4O3. The molecule has 1 aliphatic heterocycles. The van der Waals surface area contributed by atoms with Gasteiger partial charge in [0.05, 0.1) is 13.2 Å². The van der Waals surface area contributed by atoms with Gasteiger partial charge in [-0.25, -0.2) is 0 Å². The van der Waals surface area contributed by atoms with Crippen LogP contribution in [0.1, 0.15) is 40.6 Å². The van der Waals surface area contributed by atoms with E-state index in [0.717, 1.165) is 62.5 Å². The summed E-state index contributed by atoms with van der Waals surface area (Å²) in [6, 6.07) is 15.2. The summed E-state index contributed by atoms with van der Waals surface area (Å²) in [5.41, 5.74) is 3.37. The Morgan fingerprint density at radius 2 is 1.83 bits per heavy atom. The summed E-state index contributed by atoms with van der Waals surface area (Å²) >= 11 is 0. The van der Waals surface area contributed by atoms with Gasteiger partial charge >= 0.3 is 0 Å². The zero-order valence-corrected chi connectivity index (χ0v) is 16.7. The summed E-state index contributed by atoms with van der Waals surface area (Å²) in [5.74, 6) is 1.57. The molecule has 3 aromatic rings. The van der Waals surface area contributed by atoms with E-state index in [1.807, 2.05) is 30.3 Å². The van der Waals surface area contributed by atoms with Crippen LogP contribution in [0.2, 0.25) is 0 Å². The second-order valence-corrected chi connectivity index (χ2v) is 7.81. The first-order chi connectivity index (χ1) is 14.8. The van der Waals surface area contributed by atoms with Crippen molar-refractivity contribution in [3.63, 3.8) is 0 Å². The Morgan fingerprint density at radius 3 is 2.60 bits per heavy atom. The number of benzene rings is 2. The van der Waals surface area contributed by atoms with Crippen molar-refractivity contribution < 1.29 is 14.1 Å². The normalized spacial score (nSPS) is 17.1. The monoisotopic (exact) mass is 404 g/mol. The van der Waals surface area contributed by atoms with Crippen LogP contribution in [0.15, 0.2) is 53.1 Å². The van der Waals surface area contributed by atoms with E-state index in [0.29, 0.717) is 23.2 Å². The SMILES string of the molecule is O=C(Nc1ccccc1CN1CCOCC1)c1ccc(-c2noc(C3CC3)n2)cc1. The minimum atomic E-state index is -0.136. The zero-order valence-electron chi connectivity index (χ0n) is 16.7. The Hall–Kier alpha value is -3.03. The van der Waals surface area contributed by atoms with Gasteiger partial charge in [-0.1, -0.05) is 35.5 Å². The number of para-hydroxylation sites is 1. The quantitative estimate of drug-likeness (QED) is 0.675. The molecule has 1 amide bonds. The Balaban J connectivity index is 1.27. The molecule has 0 atom stereocenters. The van der Waals surface area contributed by atoms with E-state index in [-0.39, 0.29) is 5.91 Å². The number of morpholine rings is 1. The van der Waals surface area contributed by atoms with Gasteiger partial charge in [-0.05, 0) is 36.6 Å². The smallest absolute Gasteiger partial charge is 0.255 e. The van der Waals surface area contributed by atoms with Crippen LogP contribution in [0.5, 0.6) is 0 Å². The topological polar surface area (TPSA) is 80.5 Å². The van der Waals surface area contributed by atoms with Gasteiger partial charge in [-0.2, -0.15) is 4.98 Å². The van der Waals surface area contributed by atoms with E-state index in [4.69, 9.17) is 9.26 Å². The lowest BCUT2D eigenvalue weighted by Crippen LogP contribution is -2.35. The first-order valence-electron chi connectivity index (χ1n) is 10.4. The molecule has 1 N–H and O–H groups in total. The largest absolute Gasteiger partial charge is 0.379 e. The van der Waals surface area contributed by atoms with Crippen LogP contribution in [0, 0.1) is 0 Å². The second-order valence-electron chi connectivity index (χ2n) is 7.81. The van der Waals surface area contributed by atoms with Crippen LogP contribution in [-0.4, -0.2) is 47.3 Å². The summed E-state index contributed by atoms with van der Waals surface area (Å²) in [6.07, 6.45) is 2.24. The fourth-order valence-electron chi connectivity index (χ4n) is 3.59. The van der Waals surface area contributed by atoms with Gasteiger partial charge in [-0.15, -0.1) is 0 Å². The predicted octanol–water partition coefficient (Wildman–Crippen LogP) is 3.70. The van der Waals surface area contributed by atoms with Crippen molar-refractivity contribution in [3.05, 3.63) is 65.5 Å². The van der Waals surface area contributed by atoms with Crippen molar-refractivity contribution in [1.82, 2.24) is 15.0 Å². The van der Waals surface area contributed by atoms with Crippen LogP contribution < -0.4 is 5.32 Å². The highest BCUT2D eigenvalue weighted by molar-refractivity contribution is 6.04. The Bertz CT molecular complexity index is 1020. The molecule has 2 aliphatic rings. The van der Waals surface area contributed by atoms with Crippen molar-refractivity contribution >= 4 is 11.6 Å². The minimum Gasteiger partial charge on any atom is -0.379 e. The van der Waals surface area contributed by atoms with Gasteiger partial charge in [0, 0.05) is 42.4 Å². The van der Waals surface area contributed by atoms with Gasteiger partial charge in [0.2, 0.25) is 11.7 Å². The molecular weight excluding hydrogens is 380 g/mol. The number of carbonyl (C=O) groups excluding carboxylic acids is 1. The third-order valence-corrected chi connectivity index (χ3v) is 5.54. The van der Waals surface area contributed by atoms with Gasteiger partial charge in [0.15, 0.2) is 0 Å². The molecule has 0 bridgehead atoms. The highest BCUT2D eigenvalue weighted by atomic mass is 16.5. The molecule has 2 fully saturated rings. The highest BCUT2D eigenvalue weighted by Crippen LogP contribution is 2.39. The number of nitrogens with one attached hydrogen (secondary N) is 1. The fourth-order valence-corrected chi connectivity index (χ4v) is 3.59. The van der Waals surface area contributed by atoms with Crippen molar-refractivity contribution in [3.8, 4) is 11.4 Å². The van der Waals surface area contributed by atoms with Crippen LogP contribution in [-0.2, 0) is 11.3 Å². The molecule has 0 unspecified atom stereocenters. The van der Waals surface area contributed by atoms with E-state index in [9.17, 15) is 4.79 Å². The number of aromatic nitrogens is 2. The number of amides is 1. The molecule has 154 valence electrons. The molecule has 0 spiro atoms. The zero-order chi connectivity index (χ0) is 20.3. The first kappa shape index (κ1) is 19.0. The van der Waals surface area contributed by atoms with Crippen molar-refractivity contribution in [1.29, 1.82) is 0 Å². The summed E-state index contributed by atoms with van der Waals surface area (Å²) in [7, 11) is 0. The average molecular weight is 404 g/mol. The molecule has 0 radical (unpaired) electrons. The van der Waals surface area contributed by atoms with Crippen LogP contribution >= 0.6 is 0 Å². The minimum absolute atomic E-state index is 0.136. The lowest BCUT2D eigenvalue weighted by Gasteiger charge is -2.27. The maximum Gasteiger partial charge on any atom is 0.255 e. The number of rotatable bonds is 6. The van der Waals surface area contributed by atoms with Crippen molar-refractivity contribution in [2.24, 2.45) is 0 Å². The van der Waals surface area contributed by atoms with Crippen molar-refractivity contribution in [2.75, 3.05) is 31.6 Å². The molecule has 7 heteroatoms. The van der Waals surface area contributed by atoms with Gasteiger partial charge in [0.25, 0.3) is 5.91 Å². The number of ether oxygens (including phenoxy) is 1. The summed E-state index contributed by atoms with van der Waals surface area (Å²) in [4.78, 5) is 19.6. The van der Waals surface area contributed by atoms with E-state index in [2.05, 4.69) is 26.4 Å². The first-order valence-corrected chi connectivity index (χ1v) is 10.4. The molecule has 1 saturated heterocycles.